The molecule has 3 nitrogen and oxygen atoms in total. The molecule has 2 saturated carbocycles. The molecule has 1 aliphatic heterocycles. The van der Waals surface area contributed by atoms with E-state index in [1.807, 2.05) is 4.90 Å². The van der Waals surface area contributed by atoms with E-state index in [9.17, 15) is 4.79 Å². The van der Waals surface area contributed by atoms with E-state index in [-0.39, 0.29) is 11.7 Å². The molecule has 1 spiro atoms. The van der Waals surface area contributed by atoms with Crippen LogP contribution in [0.4, 0.5) is 0 Å². The van der Waals surface area contributed by atoms with Gasteiger partial charge in [-0.05, 0) is 32.1 Å². The third kappa shape index (κ3) is 1.26. The Bertz CT molecular complexity index is 268. The van der Waals surface area contributed by atoms with Gasteiger partial charge in [-0.15, -0.1) is 0 Å². The van der Waals surface area contributed by atoms with Crippen molar-refractivity contribution in [2.24, 2.45) is 5.92 Å². The summed E-state index contributed by atoms with van der Waals surface area (Å²) in [7, 11) is 0. The molecule has 1 saturated heterocycles. The topological polar surface area (TPSA) is 32.3 Å². The molecule has 0 aromatic rings. The lowest BCUT2D eigenvalue weighted by Gasteiger charge is -2.20. The van der Waals surface area contributed by atoms with Gasteiger partial charge in [0.05, 0.1) is 11.7 Å². The molecule has 14 heavy (non-hydrogen) atoms. The number of nitrogens with one attached hydrogen (secondary N) is 1. The average Bonchev–Trinajstić information content (AvgIpc) is 2.97. The first-order valence-corrected chi connectivity index (χ1v) is 5.80. The number of carbonyl (C=O) groups excluding carboxylic acids is 1. The van der Waals surface area contributed by atoms with Gasteiger partial charge in [0.1, 0.15) is 0 Å². The highest BCUT2D eigenvalue weighted by Gasteiger charge is 2.57. The molecule has 1 amide bonds. The van der Waals surface area contributed by atoms with Crippen molar-refractivity contribution in [2.45, 2.75) is 50.7 Å². The van der Waals surface area contributed by atoms with Gasteiger partial charge in [-0.3, -0.25) is 10.1 Å². The van der Waals surface area contributed by atoms with Gasteiger partial charge in [-0.25, -0.2) is 0 Å². The summed E-state index contributed by atoms with van der Waals surface area (Å²) >= 11 is 0. The van der Waals surface area contributed by atoms with Crippen molar-refractivity contribution >= 4 is 5.91 Å². The van der Waals surface area contributed by atoms with Crippen LogP contribution in [0.25, 0.3) is 0 Å². The summed E-state index contributed by atoms with van der Waals surface area (Å²) in [5.41, 5.74) is -0.108. The molecule has 1 heterocycles. The smallest absolute Gasteiger partial charge is 0.244 e. The minimum absolute atomic E-state index is 0.108. The van der Waals surface area contributed by atoms with E-state index in [4.69, 9.17) is 0 Å². The Hall–Kier alpha value is -0.570. The highest BCUT2D eigenvalue weighted by Crippen LogP contribution is 2.42. The van der Waals surface area contributed by atoms with E-state index >= 15 is 0 Å². The summed E-state index contributed by atoms with van der Waals surface area (Å²) in [4.78, 5) is 14.0. The Morgan fingerprint density at radius 1 is 1.50 bits per heavy atom. The van der Waals surface area contributed by atoms with Gasteiger partial charge in [0.25, 0.3) is 0 Å². The van der Waals surface area contributed by atoms with Crippen molar-refractivity contribution in [3.05, 3.63) is 0 Å². The quantitative estimate of drug-likeness (QED) is 0.729. The van der Waals surface area contributed by atoms with Gasteiger partial charge in [0, 0.05) is 6.54 Å². The second-order valence-corrected chi connectivity index (χ2v) is 5.13. The van der Waals surface area contributed by atoms with Crippen LogP contribution >= 0.6 is 0 Å². The maximum atomic E-state index is 12.0. The van der Waals surface area contributed by atoms with Gasteiger partial charge in [0.15, 0.2) is 0 Å². The molecular weight excluding hydrogens is 176 g/mol. The molecule has 3 fully saturated rings. The fourth-order valence-corrected chi connectivity index (χ4v) is 2.50. The van der Waals surface area contributed by atoms with Gasteiger partial charge in [-0.2, -0.15) is 0 Å². The van der Waals surface area contributed by atoms with Gasteiger partial charge < -0.3 is 4.90 Å². The van der Waals surface area contributed by atoms with E-state index in [1.165, 1.54) is 19.3 Å². The molecule has 3 aliphatic rings. The van der Waals surface area contributed by atoms with Crippen LogP contribution in [0.2, 0.25) is 0 Å². The van der Waals surface area contributed by atoms with Crippen LogP contribution in [0.1, 0.15) is 39.0 Å². The third-order valence-electron chi connectivity index (χ3n) is 3.85. The predicted octanol–water partition coefficient (Wildman–Crippen LogP) is 1.10. The van der Waals surface area contributed by atoms with Crippen LogP contribution in [0.3, 0.4) is 0 Å². The zero-order valence-electron chi connectivity index (χ0n) is 8.75. The third-order valence-corrected chi connectivity index (χ3v) is 3.85. The maximum absolute atomic E-state index is 12.0. The minimum atomic E-state index is -0.108. The predicted molar refractivity (Wildman–Crippen MR) is 53.6 cm³/mol. The van der Waals surface area contributed by atoms with E-state index in [0.29, 0.717) is 5.91 Å². The highest BCUT2D eigenvalue weighted by molar-refractivity contribution is 5.91. The Morgan fingerprint density at radius 2 is 2.21 bits per heavy atom. The highest BCUT2D eigenvalue weighted by atomic mass is 16.2. The standard InChI is InChI=1S/C11H18N2O/c1-8-12-11(5-6-11)10(14)13(8)7-4-9-2-3-9/h8-9,12H,2-7H2,1H3. The first-order valence-electron chi connectivity index (χ1n) is 5.80. The summed E-state index contributed by atoms with van der Waals surface area (Å²) in [5.74, 6) is 1.29. The molecule has 0 bridgehead atoms. The molecule has 1 N–H and O–H groups in total. The zero-order valence-corrected chi connectivity index (χ0v) is 8.75. The molecule has 0 aromatic carbocycles. The second kappa shape index (κ2) is 2.72. The fourth-order valence-electron chi connectivity index (χ4n) is 2.50. The average molecular weight is 194 g/mol. The Kier molecular flexibility index (Phi) is 1.69. The number of nitrogens with zero attached hydrogens (tertiary/aromatic N) is 1. The van der Waals surface area contributed by atoms with Crippen LogP contribution in [-0.4, -0.2) is 29.1 Å². The first kappa shape index (κ1) is 8.72. The molecular formula is C11H18N2O. The molecule has 3 rings (SSSR count). The molecule has 1 atom stereocenters. The summed E-state index contributed by atoms with van der Waals surface area (Å²) < 4.78 is 0. The lowest BCUT2D eigenvalue weighted by atomic mass is 10.2. The summed E-state index contributed by atoms with van der Waals surface area (Å²) in [6, 6.07) is 0. The monoisotopic (exact) mass is 194 g/mol. The lowest BCUT2D eigenvalue weighted by Crippen LogP contribution is -2.35. The summed E-state index contributed by atoms with van der Waals surface area (Å²) in [6.45, 7) is 3.08. The van der Waals surface area contributed by atoms with Crippen molar-refractivity contribution in [1.82, 2.24) is 10.2 Å². The zero-order chi connectivity index (χ0) is 9.76. The Balaban J connectivity index is 1.63. The van der Waals surface area contributed by atoms with Gasteiger partial charge in [0.2, 0.25) is 5.91 Å². The Morgan fingerprint density at radius 3 is 2.71 bits per heavy atom. The number of hydrogen-bond donors (Lipinski definition) is 1. The van der Waals surface area contributed by atoms with Crippen molar-refractivity contribution in [3.8, 4) is 0 Å². The van der Waals surface area contributed by atoms with E-state index in [1.54, 1.807) is 0 Å². The molecule has 3 heteroatoms. The van der Waals surface area contributed by atoms with Crippen molar-refractivity contribution in [1.29, 1.82) is 0 Å². The number of rotatable bonds is 3. The number of amides is 1. The number of carbonyl (C=O) groups is 1. The van der Waals surface area contributed by atoms with Crippen molar-refractivity contribution < 1.29 is 4.79 Å². The summed E-state index contributed by atoms with van der Waals surface area (Å²) in [5, 5.41) is 3.42. The molecule has 78 valence electrons. The van der Waals surface area contributed by atoms with Crippen LogP contribution < -0.4 is 5.32 Å². The largest absolute Gasteiger partial charge is 0.326 e. The molecule has 0 aromatic heterocycles. The SMILES string of the molecule is CC1NC2(CC2)C(=O)N1CCC1CC1. The van der Waals surface area contributed by atoms with Crippen LogP contribution in [0.5, 0.6) is 0 Å². The molecule has 1 unspecified atom stereocenters. The second-order valence-electron chi connectivity index (χ2n) is 5.13. The molecule has 2 aliphatic carbocycles. The molecule has 0 radical (unpaired) electrons. The van der Waals surface area contributed by atoms with Crippen molar-refractivity contribution in [3.63, 3.8) is 0 Å². The van der Waals surface area contributed by atoms with E-state index in [0.717, 1.165) is 25.3 Å². The normalized spacial score (nSPS) is 34.2. The summed E-state index contributed by atoms with van der Waals surface area (Å²) in [6.07, 6.45) is 6.35. The van der Waals surface area contributed by atoms with Gasteiger partial charge in [-0.1, -0.05) is 12.8 Å². The van der Waals surface area contributed by atoms with E-state index in [2.05, 4.69) is 12.2 Å². The lowest BCUT2D eigenvalue weighted by molar-refractivity contribution is -0.130. The minimum Gasteiger partial charge on any atom is -0.326 e. The van der Waals surface area contributed by atoms with Crippen molar-refractivity contribution in [2.75, 3.05) is 6.54 Å². The number of hydrogen-bond acceptors (Lipinski definition) is 2. The maximum Gasteiger partial charge on any atom is 0.244 e. The van der Waals surface area contributed by atoms with Crippen LogP contribution in [0, 0.1) is 5.92 Å². The first-order chi connectivity index (χ1) is 6.71. The van der Waals surface area contributed by atoms with Crippen LogP contribution in [0.15, 0.2) is 0 Å². The van der Waals surface area contributed by atoms with E-state index < -0.39 is 0 Å². The van der Waals surface area contributed by atoms with Gasteiger partial charge >= 0.3 is 0 Å². The fraction of sp³-hybridized carbons (Fsp3) is 0.909. The Labute approximate surface area is 84.8 Å². The van der Waals surface area contributed by atoms with Crippen LogP contribution in [-0.2, 0) is 4.79 Å².